The van der Waals surface area contributed by atoms with Crippen molar-refractivity contribution in [2.24, 2.45) is 11.8 Å². The van der Waals surface area contributed by atoms with E-state index in [9.17, 15) is 10.2 Å². The normalized spacial score (nSPS) is 47.7. The molecule has 2 N–H and O–H groups in total. The van der Waals surface area contributed by atoms with Gasteiger partial charge in [-0.25, -0.2) is 0 Å². The molecule has 0 amide bonds. The summed E-state index contributed by atoms with van der Waals surface area (Å²) in [4.78, 5) is 0. The maximum Gasteiger partial charge on any atom is 0.0994 e. The average molecular weight is 204 g/mol. The Labute approximate surface area is 89.6 Å². The van der Waals surface area contributed by atoms with Gasteiger partial charge in [0.05, 0.1) is 11.7 Å². The van der Waals surface area contributed by atoms with Gasteiger partial charge in [-0.2, -0.15) is 0 Å². The van der Waals surface area contributed by atoms with Gasteiger partial charge in [-0.05, 0) is 23.8 Å². The maximum atomic E-state index is 10.2. The van der Waals surface area contributed by atoms with Crippen LogP contribution in [0.2, 0.25) is 0 Å². The van der Waals surface area contributed by atoms with Crippen LogP contribution >= 0.6 is 0 Å². The summed E-state index contributed by atoms with van der Waals surface area (Å²) in [5, 5.41) is 19.8. The average Bonchev–Trinajstić information content (AvgIpc) is 3.15. The Balaban J connectivity index is 1.76. The minimum absolute atomic E-state index is 0.0520. The lowest BCUT2D eigenvalue weighted by atomic mass is 10.0. The topological polar surface area (TPSA) is 40.5 Å². The van der Waals surface area contributed by atoms with E-state index in [4.69, 9.17) is 0 Å². The Morgan fingerprint density at radius 1 is 1.27 bits per heavy atom. The predicted molar refractivity (Wildman–Crippen MR) is 57.4 cm³/mol. The molecule has 2 saturated carbocycles. The molecule has 0 saturated heterocycles. The van der Waals surface area contributed by atoms with Gasteiger partial charge in [-0.3, -0.25) is 0 Å². The molecule has 0 radical (unpaired) electrons. The minimum Gasteiger partial charge on any atom is -0.390 e. The molecule has 3 rings (SSSR count). The van der Waals surface area contributed by atoms with Gasteiger partial charge in [-0.1, -0.05) is 37.3 Å². The third-order valence-corrected chi connectivity index (χ3v) is 4.18. The molecule has 0 aliphatic heterocycles. The molecule has 2 aliphatic carbocycles. The molecular weight excluding hydrogens is 188 g/mol. The highest BCUT2D eigenvalue weighted by atomic mass is 16.4. The molecule has 2 nitrogen and oxygen atoms in total. The Morgan fingerprint density at radius 2 is 1.87 bits per heavy atom. The van der Waals surface area contributed by atoms with Crippen LogP contribution in [0.4, 0.5) is 0 Å². The van der Waals surface area contributed by atoms with Crippen LogP contribution in [0.15, 0.2) is 30.3 Å². The molecule has 1 aromatic rings. The van der Waals surface area contributed by atoms with E-state index in [-0.39, 0.29) is 11.8 Å². The minimum atomic E-state index is -0.791. The van der Waals surface area contributed by atoms with Crippen LogP contribution in [0.3, 0.4) is 0 Å². The standard InChI is InChI=1S/C13H16O2/c1-8-12(14)13(8,15)11-7-10(11)9-5-3-2-4-6-9/h2-6,8,10-12,14-15H,7H2,1H3. The summed E-state index contributed by atoms with van der Waals surface area (Å²) in [5.74, 6) is 0.775. The van der Waals surface area contributed by atoms with Crippen molar-refractivity contribution in [2.45, 2.75) is 31.0 Å². The van der Waals surface area contributed by atoms with E-state index in [2.05, 4.69) is 12.1 Å². The van der Waals surface area contributed by atoms with Gasteiger partial charge in [0.15, 0.2) is 0 Å². The van der Waals surface area contributed by atoms with Gasteiger partial charge in [-0.15, -0.1) is 0 Å². The molecule has 80 valence electrons. The molecule has 0 bridgehead atoms. The van der Waals surface area contributed by atoms with Crippen molar-refractivity contribution in [2.75, 3.05) is 0 Å². The SMILES string of the molecule is CC1C(O)C1(O)C1CC1c1ccccc1. The van der Waals surface area contributed by atoms with E-state index in [0.29, 0.717) is 5.92 Å². The van der Waals surface area contributed by atoms with E-state index >= 15 is 0 Å². The van der Waals surface area contributed by atoms with E-state index in [1.807, 2.05) is 25.1 Å². The summed E-state index contributed by atoms with van der Waals surface area (Å²) in [7, 11) is 0. The van der Waals surface area contributed by atoms with Crippen LogP contribution in [-0.4, -0.2) is 21.9 Å². The third-order valence-electron chi connectivity index (χ3n) is 4.18. The first kappa shape index (κ1) is 9.37. The molecule has 2 heteroatoms. The zero-order valence-electron chi connectivity index (χ0n) is 8.80. The van der Waals surface area contributed by atoms with Gasteiger partial charge in [0, 0.05) is 5.92 Å². The van der Waals surface area contributed by atoms with Crippen molar-refractivity contribution in [3.8, 4) is 0 Å². The fourth-order valence-corrected chi connectivity index (χ4v) is 2.88. The Kier molecular flexibility index (Phi) is 1.77. The van der Waals surface area contributed by atoms with Crippen LogP contribution in [-0.2, 0) is 0 Å². The van der Waals surface area contributed by atoms with E-state index < -0.39 is 11.7 Å². The zero-order chi connectivity index (χ0) is 10.6. The Bertz CT molecular complexity index is 365. The van der Waals surface area contributed by atoms with Crippen molar-refractivity contribution in [1.29, 1.82) is 0 Å². The third kappa shape index (κ3) is 1.18. The fourth-order valence-electron chi connectivity index (χ4n) is 2.88. The van der Waals surface area contributed by atoms with E-state index in [0.717, 1.165) is 6.42 Å². The zero-order valence-corrected chi connectivity index (χ0v) is 8.80. The lowest BCUT2D eigenvalue weighted by Crippen LogP contribution is -2.18. The number of aliphatic hydroxyl groups is 2. The second-order valence-electron chi connectivity index (χ2n) is 4.98. The first-order valence-electron chi connectivity index (χ1n) is 5.61. The molecule has 0 aromatic heterocycles. The molecule has 0 spiro atoms. The molecule has 5 unspecified atom stereocenters. The summed E-state index contributed by atoms with van der Waals surface area (Å²) in [6.45, 7) is 1.92. The van der Waals surface area contributed by atoms with Crippen molar-refractivity contribution in [1.82, 2.24) is 0 Å². The van der Waals surface area contributed by atoms with Gasteiger partial charge >= 0.3 is 0 Å². The van der Waals surface area contributed by atoms with E-state index in [1.54, 1.807) is 0 Å². The molecule has 1 aromatic carbocycles. The largest absolute Gasteiger partial charge is 0.390 e. The molecule has 2 fully saturated rings. The first-order chi connectivity index (χ1) is 7.15. The van der Waals surface area contributed by atoms with Crippen LogP contribution < -0.4 is 0 Å². The smallest absolute Gasteiger partial charge is 0.0994 e. The quantitative estimate of drug-likeness (QED) is 0.767. The van der Waals surface area contributed by atoms with Crippen LogP contribution in [0.25, 0.3) is 0 Å². The number of benzene rings is 1. The summed E-state index contributed by atoms with van der Waals surface area (Å²) < 4.78 is 0. The summed E-state index contributed by atoms with van der Waals surface area (Å²) >= 11 is 0. The van der Waals surface area contributed by atoms with Crippen LogP contribution in [0.5, 0.6) is 0 Å². The van der Waals surface area contributed by atoms with Crippen molar-refractivity contribution >= 4 is 0 Å². The highest BCUT2D eigenvalue weighted by Gasteiger charge is 2.70. The summed E-state index contributed by atoms with van der Waals surface area (Å²) in [6.07, 6.45) is 0.512. The fraction of sp³-hybridized carbons (Fsp3) is 0.538. The number of hydrogen-bond donors (Lipinski definition) is 2. The molecule has 15 heavy (non-hydrogen) atoms. The monoisotopic (exact) mass is 204 g/mol. The number of rotatable bonds is 2. The van der Waals surface area contributed by atoms with Gasteiger partial charge in [0.1, 0.15) is 0 Å². The maximum absolute atomic E-state index is 10.2. The second-order valence-corrected chi connectivity index (χ2v) is 4.98. The Hall–Kier alpha value is -0.860. The Morgan fingerprint density at radius 3 is 2.40 bits per heavy atom. The van der Waals surface area contributed by atoms with Crippen LogP contribution in [0.1, 0.15) is 24.8 Å². The molecular formula is C13H16O2. The van der Waals surface area contributed by atoms with Crippen molar-refractivity contribution in [3.63, 3.8) is 0 Å². The second kappa shape index (κ2) is 2.83. The van der Waals surface area contributed by atoms with Crippen molar-refractivity contribution in [3.05, 3.63) is 35.9 Å². The summed E-state index contributed by atoms with van der Waals surface area (Å²) in [5.41, 5.74) is 0.503. The van der Waals surface area contributed by atoms with Gasteiger partial charge in [0.25, 0.3) is 0 Å². The van der Waals surface area contributed by atoms with E-state index in [1.165, 1.54) is 5.56 Å². The van der Waals surface area contributed by atoms with Gasteiger partial charge < -0.3 is 10.2 Å². The van der Waals surface area contributed by atoms with Gasteiger partial charge in [0.2, 0.25) is 0 Å². The molecule has 5 atom stereocenters. The number of aliphatic hydroxyl groups excluding tert-OH is 1. The van der Waals surface area contributed by atoms with Crippen molar-refractivity contribution < 1.29 is 10.2 Å². The summed E-state index contributed by atoms with van der Waals surface area (Å²) in [6, 6.07) is 10.3. The first-order valence-corrected chi connectivity index (χ1v) is 5.61. The lowest BCUT2D eigenvalue weighted by molar-refractivity contribution is 0.0617. The predicted octanol–water partition coefficient (Wildman–Crippen LogP) is 1.53. The van der Waals surface area contributed by atoms with Crippen LogP contribution in [0, 0.1) is 11.8 Å². The molecule has 2 aliphatic rings. The lowest BCUT2D eigenvalue weighted by Gasteiger charge is -2.08. The highest BCUT2D eigenvalue weighted by molar-refractivity contribution is 5.32. The molecule has 0 heterocycles. The highest BCUT2D eigenvalue weighted by Crippen LogP contribution is 2.64. The number of hydrogen-bond acceptors (Lipinski definition) is 2.